The highest BCUT2D eigenvalue weighted by Gasteiger charge is 2.22. The third-order valence-corrected chi connectivity index (χ3v) is 3.69. The predicted octanol–water partition coefficient (Wildman–Crippen LogP) is 3.36. The number of hydrogen-bond donors (Lipinski definition) is 1. The van der Waals surface area contributed by atoms with E-state index in [1.807, 2.05) is 0 Å². The van der Waals surface area contributed by atoms with E-state index in [1.165, 1.54) is 38.5 Å². The largest absolute Gasteiger partial charge is 0.378 e. The molecule has 16 heavy (non-hydrogen) atoms. The van der Waals surface area contributed by atoms with Crippen molar-refractivity contribution in [3.05, 3.63) is 0 Å². The van der Waals surface area contributed by atoms with Gasteiger partial charge in [-0.15, -0.1) is 0 Å². The Balaban J connectivity index is 2.08. The maximum Gasteiger partial charge on any atom is 0.0576 e. The van der Waals surface area contributed by atoms with Crippen molar-refractivity contribution in [2.45, 2.75) is 71.4 Å². The molecule has 2 atom stereocenters. The van der Waals surface area contributed by atoms with Crippen LogP contribution in [0, 0.1) is 5.41 Å². The maximum absolute atomic E-state index is 5.64. The molecule has 2 heteroatoms. The lowest BCUT2D eigenvalue weighted by Crippen LogP contribution is -2.37. The van der Waals surface area contributed by atoms with Crippen molar-refractivity contribution in [3.63, 3.8) is 0 Å². The highest BCUT2D eigenvalue weighted by molar-refractivity contribution is 4.79. The van der Waals surface area contributed by atoms with Crippen LogP contribution in [0.15, 0.2) is 0 Å². The lowest BCUT2D eigenvalue weighted by Gasteiger charge is -2.30. The van der Waals surface area contributed by atoms with E-state index in [9.17, 15) is 0 Å². The molecule has 1 saturated heterocycles. The van der Waals surface area contributed by atoms with E-state index in [1.54, 1.807) is 0 Å². The zero-order chi connectivity index (χ0) is 12.0. The molecule has 1 heterocycles. The van der Waals surface area contributed by atoms with Crippen LogP contribution in [0.1, 0.15) is 59.3 Å². The molecule has 2 unspecified atom stereocenters. The molecule has 1 rings (SSSR count). The van der Waals surface area contributed by atoms with Gasteiger partial charge in [-0.25, -0.2) is 0 Å². The number of rotatable bonds is 6. The normalized spacial score (nSPS) is 23.6. The predicted molar refractivity (Wildman–Crippen MR) is 69.7 cm³/mol. The minimum absolute atomic E-state index is 0.374. The Morgan fingerprint density at radius 1 is 1.31 bits per heavy atom. The minimum Gasteiger partial charge on any atom is -0.378 e. The summed E-state index contributed by atoms with van der Waals surface area (Å²) in [4.78, 5) is 0. The van der Waals surface area contributed by atoms with Gasteiger partial charge in [0.05, 0.1) is 6.10 Å². The fraction of sp³-hybridized carbons (Fsp3) is 1.00. The van der Waals surface area contributed by atoms with Gasteiger partial charge < -0.3 is 10.1 Å². The molecule has 1 aliphatic heterocycles. The molecule has 2 nitrogen and oxygen atoms in total. The molecule has 0 aromatic carbocycles. The van der Waals surface area contributed by atoms with Crippen LogP contribution in [-0.2, 0) is 4.74 Å². The Kier molecular flexibility index (Phi) is 5.77. The van der Waals surface area contributed by atoms with E-state index in [4.69, 9.17) is 4.74 Å². The van der Waals surface area contributed by atoms with Crippen LogP contribution in [0.4, 0.5) is 0 Å². The Morgan fingerprint density at radius 2 is 2.06 bits per heavy atom. The lowest BCUT2D eigenvalue weighted by atomic mass is 9.83. The summed E-state index contributed by atoms with van der Waals surface area (Å²) >= 11 is 0. The average Bonchev–Trinajstić information content (AvgIpc) is 2.68. The van der Waals surface area contributed by atoms with E-state index in [0.29, 0.717) is 17.6 Å². The van der Waals surface area contributed by atoms with Gasteiger partial charge in [-0.3, -0.25) is 0 Å². The van der Waals surface area contributed by atoms with Gasteiger partial charge in [-0.2, -0.15) is 0 Å². The van der Waals surface area contributed by atoms with E-state index >= 15 is 0 Å². The smallest absolute Gasteiger partial charge is 0.0576 e. The zero-order valence-corrected chi connectivity index (χ0v) is 11.5. The van der Waals surface area contributed by atoms with Gasteiger partial charge in [-0.05, 0) is 38.1 Å². The molecule has 1 fully saturated rings. The number of nitrogens with one attached hydrogen (secondary N) is 1. The summed E-state index contributed by atoms with van der Waals surface area (Å²) in [7, 11) is 2.08. The molecule has 0 bridgehead atoms. The molecular formula is C14H29NO. The molecule has 96 valence electrons. The summed E-state index contributed by atoms with van der Waals surface area (Å²) in [5.74, 6) is 0. The quantitative estimate of drug-likeness (QED) is 0.703. The maximum atomic E-state index is 5.64. The van der Waals surface area contributed by atoms with Crippen molar-refractivity contribution < 1.29 is 4.74 Å². The van der Waals surface area contributed by atoms with Crippen molar-refractivity contribution in [1.29, 1.82) is 0 Å². The third kappa shape index (κ3) is 4.84. The Hall–Kier alpha value is -0.0800. The van der Waals surface area contributed by atoms with Gasteiger partial charge in [0.25, 0.3) is 0 Å². The highest BCUT2D eigenvalue weighted by Crippen LogP contribution is 2.24. The van der Waals surface area contributed by atoms with Gasteiger partial charge in [0.2, 0.25) is 0 Å². The van der Waals surface area contributed by atoms with E-state index in [-0.39, 0.29) is 0 Å². The van der Waals surface area contributed by atoms with Crippen molar-refractivity contribution in [2.75, 3.05) is 13.7 Å². The van der Waals surface area contributed by atoms with Crippen LogP contribution in [0.5, 0.6) is 0 Å². The Bertz CT molecular complexity index is 180. The Morgan fingerprint density at radius 3 is 2.56 bits per heavy atom. The van der Waals surface area contributed by atoms with Gasteiger partial charge in [0, 0.05) is 12.6 Å². The molecule has 0 aromatic rings. The fourth-order valence-corrected chi connectivity index (χ4v) is 2.60. The summed E-state index contributed by atoms with van der Waals surface area (Å²) in [5.41, 5.74) is 0.374. The fourth-order valence-electron chi connectivity index (χ4n) is 2.60. The van der Waals surface area contributed by atoms with Crippen LogP contribution >= 0.6 is 0 Å². The van der Waals surface area contributed by atoms with E-state index in [2.05, 4.69) is 33.1 Å². The van der Waals surface area contributed by atoms with Crippen LogP contribution in [0.25, 0.3) is 0 Å². The van der Waals surface area contributed by atoms with Crippen LogP contribution in [-0.4, -0.2) is 25.8 Å². The molecule has 0 saturated carbocycles. The van der Waals surface area contributed by atoms with Crippen molar-refractivity contribution in [2.24, 2.45) is 5.41 Å². The monoisotopic (exact) mass is 227 g/mol. The van der Waals surface area contributed by atoms with Crippen molar-refractivity contribution in [3.8, 4) is 0 Å². The second kappa shape index (κ2) is 6.61. The first kappa shape index (κ1) is 14.0. The summed E-state index contributed by atoms with van der Waals surface area (Å²) in [5, 5.41) is 3.44. The van der Waals surface area contributed by atoms with Gasteiger partial charge in [-0.1, -0.05) is 33.6 Å². The highest BCUT2D eigenvalue weighted by atomic mass is 16.5. The second-order valence-electron chi connectivity index (χ2n) is 6.13. The summed E-state index contributed by atoms with van der Waals surface area (Å²) in [6.07, 6.45) is 8.32. The number of hydrogen-bond acceptors (Lipinski definition) is 2. The number of unbranched alkanes of at least 4 members (excludes halogenated alkanes) is 1. The van der Waals surface area contributed by atoms with Crippen molar-refractivity contribution >= 4 is 0 Å². The second-order valence-corrected chi connectivity index (χ2v) is 6.13. The molecule has 1 N–H and O–H groups in total. The summed E-state index contributed by atoms with van der Waals surface area (Å²) < 4.78 is 5.64. The van der Waals surface area contributed by atoms with Crippen LogP contribution in [0.2, 0.25) is 0 Å². The molecule has 0 aromatic heterocycles. The van der Waals surface area contributed by atoms with E-state index < -0.39 is 0 Å². The first-order valence-electron chi connectivity index (χ1n) is 6.83. The topological polar surface area (TPSA) is 21.3 Å². The van der Waals surface area contributed by atoms with Crippen LogP contribution in [0.3, 0.4) is 0 Å². The van der Waals surface area contributed by atoms with Gasteiger partial charge in [0.1, 0.15) is 0 Å². The molecule has 1 aliphatic rings. The summed E-state index contributed by atoms with van der Waals surface area (Å²) in [6.45, 7) is 7.93. The molecule has 0 aliphatic carbocycles. The minimum atomic E-state index is 0.374. The van der Waals surface area contributed by atoms with Crippen molar-refractivity contribution in [1.82, 2.24) is 5.32 Å². The number of ether oxygens (including phenoxy) is 1. The van der Waals surface area contributed by atoms with Gasteiger partial charge >= 0.3 is 0 Å². The first-order valence-corrected chi connectivity index (χ1v) is 6.83. The average molecular weight is 227 g/mol. The summed E-state index contributed by atoms with van der Waals surface area (Å²) in [6, 6.07) is 0.636. The third-order valence-electron chi connectivity index (χ3n) is 3.69. The molecular weight excluding hydrogens is 198 g/mol. The standard InChI is InChI=1S/C14H29NO/c1-14(2,3)13(15-4)10-6-5-8-12-9-7-11-16-12/h12-13,15H,5-11H2,1-4H3. The van der Waals surface area contributed by atoms with Gasteiger partial charge in [0.15, 0.2) is 0 Å². The molecule has 0 radical (unpaired) electrons. The first-order chi connectivity index (χ1) is 7.54. The Labute approximate surface area is 101 Å². The molecule has 0 spiro atoms. The van der Waals surface area contributed by atoms with Crippen LogP contribution < -0.4 is 5.32 Å². The lowest BCUT2D eigenvalue weighted by molar-refractivity contribution is 0.101. The zero-order valence-electron chi connectivity index (χ0n) is 11.5. The SMILES string of the molecule is CNC(CCCCC1CCCO1)C(C)(C)C. The molecule has 0 amide bonds. The van der Waals surface area contributed by atoms with E-state index in [0.717, 1.165) is 6.61 Å².